The van der Waals surface area contributed by atoms with Crippen LogP contribution < -0.4 is 5.56 Å². The second-order valence-electron chi connectivity index (χ2n) is 9.59. The molecule has 250 valence electrons. The average Bonchev–Trinajstić information content (AvgIpc) is 3.70. The van der Waals surface area contributed by atoms with Crippen LogP contribution in [0.1, 0.15) is 139 Å². The quantitative estimate of drug-likeness (QED) is 0.200. The predicted octanol–water partition coefficient (Wildman–Crippen LogP) is 13.5. The Morgan fingerprint density at radius 1 is 0.659 bits per heavy atom. The molecule has 0 fully saturated rings. The molecule has 4 nitrogen and oxygen atoms in total. The SMILES string of the molecule is C.C.C.CC.CC.CC.CC(C)c1cccs1.CC(C)c1cn(C)c(=O)c2ccccc12.CC(C)c1noc2ccccc12. The number of para-hydroxylation sites is 1. The maximum Gasteiger partial charge on any atom is 0.258 e. The summed E-state index contributed by atoms with van der Waals surface area (Å²) in [6, 6.07) is 20.0. The zero-order chi connectivity index (χ0) is 31.5. The molecule has 0 N–H and O–H groups in total. The lowest BCUT2D eigenvalue weighted by atomic mass is 9.99. The molecule has 2 aromatic carbocycles. The van der Waals surface area contributed by atoms with Crippen LogP contribution in [0.15, 0.2) is 81.6 Å². The Labute approximate surface area is 275 Å². The number of hydrogen-bond donors (Lipinski definition) is 0. The van der Waals surface area contributed by atoms with Crippen molar-refractivity contribution in [3.8, 4) is 0 Å². The van der Waals surface area contributed by atoms with E-state index in [4.69, 9.17) is 4.52 Å². The van der Waals surface area contributed by atoms with Crippen LogP contribution in [0.2, 0.25) is 0 Å². The molecule has 0 aliphatic carbocycles. The van der Waals surface area contributed by atoms with Crippen LogP contribution >= 0.6 is 11.3 Å². The zero-order valence-corrected chi connectivity index (χ0v) is 28.6. The molecule has 0 aliphatic rings. The minimum Gasteiger partial charge on any atom is -0.356 e. The number of aryl methyl sites for hydroxylation is 1. The molecule has 0 atom stereocenters. The van der Waals surface area contributed by atoms with E-state index in [1.807, 2.05) is 108 Å². The number of fused-ring (bicyclic) bond motifs is 2. The number of nitrogens with zero attached hydrogens (tertiary/aromatic N) is 2. The molecule has 3 heterocycles. The van der Waals surface area contributed by atoms with Gasteiger partial charge in [0.1, 0.15) is 0 Å². The van der Waals surface area contributed by atoms with Crippen LogP contribution in [-0.2, 0) is 7.05 Å². The molecule has 0 amide bonds. The lowest BCUT2D eigenvalue weighted by Crippen LogP contribution is -2.17. The zero-order valence-electron chi connectivity index (χ0n) is 27.8. The van der Waals surface area contributed by atoms with E-state index in [1.54, 1.807) is 11.6 Å². The smallest absolute Gasteiger partial charge is 0.258 e. The van der Waals surface area contributed by atoms with Gasteiger partial charge in [-0.05, 0) is 58.3 Å². The first-order valence-corrected chi connectivity index (χ1v) is 16.0. The summed E-state index contributed by atoms with van der Waals surface area (Å²) in [5, 5.41) is 9.16. The van der Waals surface area contributed by atoms with Gasteiger partial charge in [-0.3, -0.25) is 4.79 Å². The fourth-order valence-corrected chi connectivity index (χ4v) is 4.59. The fourth-order valence-electron chi connectivity index (χ4n) is 3.85. The lowest BCUT2D eigenvalue weighted by molar-refractivity contribution is 0.441. The summed E-state index contributed by atoms with van der Waals surface area (Å²) in [7, 11) is 1.81. The molecule has 0 spiro atoms. The Bertz CT molecular complexity index is 1410. The molecule has 0 saturated heterocycles. The molecule has 5 aromatic rings. The first-order chi connectivity index (χ1) is 19.7. The Morgan fingerprint density at radius 2 is 1.16 bits per heavy atom. The molecular weight excluding hydrogens is 561 g/mol. The van der Waals surface area contributed by atoms with Crippen molar-refractivity contribution >= 4 is 33.1 Å². The van der Waals surface area contributed by atoms with E-state index >= 15 is 0 Å². The van der Waals surface area contributed by atoms with Crippen molar-refractivity contribution in [1.82, 2.24) is 9.72 Å². The van der Waals surface area contributed by atoms with Gasteiger partial charge in [0.2, 0.25) is 0 Å². The lowest BCUT2D eigenvalue weighted by Gasteiger charge is -2.11. The number of hydrogen-bond acceptors (Lipinski definition) is 4. The van der Waals surface area contributed by atoms with Gasteiger partial charge < -0.3 is 9.09 Å². The Balaban J connectivity index is -0.000000250. The van der Waals surface area contributed by atoms with E-state index in [9.17, 15) is 4.79 Å². The first-order valence-electron chi connectivity index (χ1n) is 15.2. The van der Waals surface area contributed by atoms with E-state index in [1.165, 1.54) is 10.4 Å². The topological polar surface area (TPSA) is 48.0 Å². The van der Waals surface area contributed by atoms with Crippen molar-refractivity contribution in [2.24, 2.45) is 7.05 Å². The number of rotatable bonds is 3. The molecule has 0 radical (unpaired) electrons. The third kappa shape index (κ3) is 14.1. The van der Waals surface area contributed by atoms with Crippen LogP contribution in [0.5, 0.6) is 0 Å². The largest absolute Gasteiger partial charge is 0.356 e. The molecule has 3 aromatic heterocycles. The molecular formula is C39H66N2O2S. The van der Waals surface area contributed by atoms with Crippen LogP contribution in [-0.4, -0.2) is 9.72 Å². The predicted molar refractivity (Wildman–Crippen MR) is 204 cm³/mol. The summed E-state index contributed by atoms with van der Waals surface area (Å²) >= 11 is 1.83. The summed E-state index contributed by atoms with van der Waals surface area (Å²) in [5.74, 6) is 1.56. The highest BCUT2D eigenvalue weighted by Crippen LogP contribution is 2.24. The van der Waals surface area contributed by atoms with Gasteiger partial charge in [-0.1, -0.05) is 147 Å². The number of aromatic nitrogens is 2. The molecule has 0 unspecified atom stereocenters. The molecule has 0 saturated carbocycles. The van der Waals surface area contributed by atoms with E-state index in [0.29, 0.717) is 17.8 Å². The average molecular weight is 627 g/mol. The van der Waals surface area contributed by atoms with Gasteiger partial charge in [-0.25, -0.2) is 0 Å². The van der Waals surface area contributed by atoms with Crippen LogP contribution in [0.25, 0.3) is 21.7 Å². The van der Waals surface area contributed by atoms with E-state index in [2.05, 4.69) is 64.2 Å². The van der Waals surface area contributed by atoms with Crippen molar-refractivity contribution < 1.29 is 4.52 Å². The summed E-state index contributed by atoms with van der Waals surface area (Å²) in [5.41, 5.74) is 3.23. The van der Waals surface area contributed by atoms with Gasteiger partial charge in [-0.2, -0.15) is 0 Å². The number of benzene rings is 2. The van der Waals surface area contributed by atoms with Crippen molar-refractivity contribution in [2.45, 2.75) is 123 Å². The summed E-state index contributed by atoms with van der Waals surface area (Å²) < 4.78 is 6.82. The van der Waals surface area contributed by atoms with Crippen LogP contribution in [0.4, 0.5) is 0 Å². The monoisotopic (exact) mass is 626 g/mol. The van der Waals surface area contributed by atoms with Gasteiger partial charge in [0, 0.05) is 28.9 Å². The molecule has 44 heavy (non-hydrogen) atoms. The Kier molecular flexibility index (Phi) is 28.5. The van der Waals surface area contributed by atoms with Crippen molar-refractivity contribution in [1.29, 1.82) is 0 Å². The van der Waals surface area contributed by atoms with Crippen LogP contribution in [0.3, 0.4) is 0 Å². The molecule has 5 heteroatoms. The Morgan fingerprint density at radius 3 is 1.59 bits per heavy atom. The highest BCUT2D eigenvalue weighted by atomic mass is 32.1. The second-order valence-corrected chi connectivity index (χ2v) is 10.6. The third-order valence-electron chi connectivity index (χ3n) is 5.81. The first kappa shape index (κ1) is 47.7. The third-order valence-corrected chi connectivity index (χ3v) is 6.98. The minimum atomic E-state index is 0. The maximum absolute atomic E-state index is 11.9. The van der Waals surface area contributed by atoms with Gasteiger partial charge >= 0.3 is 0 Å². The van der Waals surface area contributed by atoms with Gasteiger partial charge in [0.05, 0.1) is 5.69 Å². The molecule has 0 aliphatic heterocycles. The maximum atomic E-state index is 11.9. The minimum absolute atomic E-state index is 0. The van der Waals surface area contributed by atoms with Crippen molar-refractivity contribution in [3.05, 3.63) is 98.7 Å². The normalized spacial score (nSPS) is 9.18. The van der Waals surface area contributed by atoms with Crippen LogP contribution in [0, 0.1) is 0 Å². The van der Waals surface area contributed by atoms with Gasteiger partial charge in [0.15, 0.2) is 5.58 Å². The standard InChI is InChI=1S/C13H15NO.C10H11NO.C7H10S.3C2H6.3CH4/c1-9(2)12-8-14(3)13(15)11-7-5-4-6-10(11)12;1-7(2)10-8-5-3-4-6-9(8)12-11-10;1-6(2)7-4-3-5-8-7;3*1-2;;;/h4-9H,1-3H3;3-7H,1-2H3;3-6H,1-2H3;3*1-2H3;3*1H4. The second kappa shape index (κ2) is 26.2. The Hall–Kier alpha value is -3.18. The van der Waals surface area contributed by atoms with Crippen molar-refractivity contribution in [2.75, 3.05) is 0 Å². The van der Waals surface area contributed by atoms with E-state index in [0.717, 1.165) is 27.4 Å². The summed E-state index contributed by atoms with van der Waals surface area (Å²) in [4.78, 5) is 13.3. The number of thiophene rings is 1. The summed E-state index contributed by atoms with van der Waals surface area (Å²) in [6.45, 7) is 24.9. The van der Waals surface area contributed by atoms with Gasteiger partial charge in [0.25, 0.3) is 5.56 Å². The van der Waals surface area contributed by atoms with E-state index in [-0.39, 0.29) is 27.8 Å². The highest BCUT2D eigenvalue weighted by molar-refractivity contribution is 7.10. The van der Waals surface area contributed by atoms with E-state index < -0.39 is 0 Å². The van der Waals surface area contributed by atoms with Gasteiger partial charge in [-0.15, -0.1) is 11.3 Å². The summed E-state index contributed by atoms with van der Waals surface area (Å²) in [6.07, 6.45) is 1.94. The van der Waals surface area contributed by atoms with Crippen molar-refractivity contribution in [3.63, 3.8) is 0 Å². The number of pyridine rings is 1. The highest BCUT2D eigenvalue weighted by Gasteiger charge is 2.10. The molecule has 0 bridgehead atoms. The fraction of sp³-hybridized carbons (Fsp3) is 0.487. The molecule has 5 rings (SSSR count).